The van der Waals surface area contributed by atoms with Crippen molar-refractivity contribution in [3.63, 3.8) is 0 Å². The molecule has 17 heavy (non-hydrogen) atoms. The molecule has 0 saturated heterocycles. The van der Waals surface area contributed by atoms with Gasteiger partial charge < -0.3 is 10.0 Å². The minimum absolute atomic E-state index is 0.0483. The van der Waals surface area contributed by atoms with Crippen LogP contribution in [0, 0.1) is 17.2 Å². The molecule has 0 aliphatic rings. The van der Waals surface area contributed by atoms with Gasteiger partial charge in [0.05, 0.1) is 29.3 Å². The molecule has 0 bridgehead atoms. The van der Waals surface area contributed by atoms with Crippen LogP contribution in [0.4, 0.5) is 5.69 Å². The number of para-hydroxylation sites is 1. The lowest BCUT2D eigenvalue weighted by atomic mass is 10.1. The molecule has 1 atom stereocenters. The first-order chi connectivity index (χ1) is 8.13. The second-order valence-electron chi connectivity index (χ2n) is 3.97. The van der Waals surface area contributed by atoms with Gasteiger partial charge >= 0.3 is 0 Å². The van der Waals surface area contributed by atoms with Crippen molar-refractivity contribution >= 4 is 17.3 Å². The molecule has 1 N–H and O–H groups in total. The molecule has 0 heterocycles. The molecule has 92 valence electrons. The predicted molar refractivity (Wildman–Crippen MR) is 70.0 cm³/mol. The molecule has 4 heteroatoms. The summed E-state index contributed by atoms with van der Waals surface area (Å²) in [4.78, 5) is 2.03. The van der Waals surface area contributed by atoms with Crippen LogP contribution in [-0.2, 0) is 6.61 Å². The van der Waals surface area contributed by atoms with E-state index in [1.807, 2.05) is 30.9 Å². The zero-order valence-electron chi connectivity index (χ0n) is 10.2. The Morgan fingerprint density at radius 2 is 2.24 bits per heavy atom. The van der Waals surface area contributed by atoms with Crippen molar-refractivity contribution in [1.29, 1.82) is 5.26 Å². The van der Waals surface area contributed by atoms with Gasteiger partial charge in [-0.2, -0.15) is 5.26 Å². The number of nitriles is 1. The number of aliphatic hydroxyl groups excluding tert-OH is 1. The van der Waals surface area contributed by atoms with E-state index < -0.39 is 0 Å². The van der Waals surface area contributed by atoms with Gasteiger partial charge in [-0.1, -0.05) is 23.7 Å². The Balaban J connectivity index is 3.07. The van der Waals surface area contributed by atoms with E-state index in [0.717, 1.165) is 17.8 Å². The molecule has 1 aromatic rings. The lowest BCUT2D eigenvalue weighted by Gasteiger charge is -2.27. The Bertz CT molecular complexity index is 414. The van der Waals surface area contributed by atoms with Crippen LogP contribution in [0.15, 0.2) is 18.2 Å². The molecule has 1 unspecified atom stereocenters. The van der Waals surface area contributed by atoms with Gasteiger partial charge in [0.2, 0.25) is 0 Å². The number of anilines is 1. The Morgan fingerprint density at radius 3 is 2.76 bits per heavy atom. The van der Waals surface area contributed by atoms with Gasteiger partial charge in [0.15, 0.2) is 0 Å². The highest BCUT2D eigenvalue weighted by Gasteiger charge is 2.15. The van der Waals surface area contributed by atoms with Crippen LogP contribution in [0.2, 0.25) is 5.02 Å². The third kappa shape index (κ3) is 3.36. The standard InChI is InChI=1S/C13H17ClN2O/c1-3-16(8-10(2)7-15)13-11(9-17)5-4-6-12(13)14/h4-6,10,17H,3,8-9H2,1-2H3. The molecule has 3 nitrogen and oxygen atoms in total. The highest BCUT2D eigenvalue weighted by atomic mass is 35.5. The first-order valence-electron chi connectivity index (χ1n) is 5.66. The van der Waals surface area contributed by atoms with Crippen LogP contribution in [0.5, 0.6) is 0 Å². The molecule has 0 aliphatic heterocycles. The van der Waals surface area contributed by atoms with Gasteiger partial charge in [-0.25, -0.2) is 0 Å². The fourth-order valence-electron chi connectivity index (χ4n) is 1.79. The molecular weight excluding hydrogens is 236 g/mol. The summed E-state index contributed by atoms with van der Waals surface area (Å²) < 4.78 is 0. The van der Waals surface area contributed by atoms with Crippen molar-refractivity contribution < 1.29 is 5.11 Å². The summed E-state index contributed by atoms with van der Waals surface area (Å²) >= 11 is 6.17. The third-order valence-electron chi connectivity index (χ3n) is 2.65. The lowest BCUT2D eigenvalue weighted by molar-refractivity contribution is 0.282. The molecule has 0 aromatic heterocycles. The summed E-state index contributed by atoms with van der Waals surface area (Å²) in [5.41, 5.74) is 1.63. The van der Waals surface area contributed by atoms with Crippen molar-refractivity contribution in [3.8, 4) is 6.07 Å². The van der Waals surface area contributed by atoms with Crippen molar-refractivity contribution in [2.45, 2.75) is 20.5 Å². The van der Waals surface area contributed by atoms with E-state index in [-0.39, 0.29) is 12.5 Å². The summed E-state index contributed by atoms with van der Waals surface area (Å²) in [7, 11) is 0. The monoisotopic (exact) mass is 252 g/mol. The summed E-state index contributed by atoms with van der Waals surface area (Å²) in [6, 6.07) is 7.68. The summed E-state index contributed by atoms with van der Waals surface area (Å²) in [6.07, 6.45) is 0. The minimum atomic E-state index is -0.0715. The third-order valence-corrected chi connectivity index (χ3v) is 2.96. The van der Waals surface area contributed by atoms with Gasteiger partial charge in [0.25, 0.3) is 0 Å². The van der Waals surface area contributed by atoms with Gasteiger partial charge in [-0.05, 0) is 19.9 Å². The molecule has 0 radical (unpaired) electrons. The van der Waals surface area contributed by atoms with E-state index in [2.05, 4.69) is 6.07 Å². The first kappa shape index (κ1) is 13.8. The number of halogens is 1. The summed E-state index contributed by atoms with van der Waals surface area (Å²) in [5, 5.41) is 18.8. The number of hydrogen-bond acceptors (Lipinski definition) is 3. The highest BCUT2D eigenvalue weighted by molar-refractivity contribution is 6.33. The number of aliphatic hydroxyl groups is 1. The Kier molecular flexibility index (Phi) is 5.27. The van der Waals surface area contributed by atoms with Crippen LogP contribution in [0.1, 0.15) is 19.4 Å². The fourth-order valence-corrected chi connectivity index (χ4v) is 2.11. The molecular formula is C13H17ClN2O. The maximum Gasteiger partial charge on any atom is 0.0702 e. The van der Waals surface area contributed by atoms with E-state index in [9.17, 15) is 5.11 Å². The Labute approximate surface area is 107 Å². The van der Waals surface area contributed by atoms with Gasteiger partial charge in [0, 0.05) is 18.7 Å². The van der Waals surface area contributed by atoms with Gasteiger partial charge in [-0.15, -0.1) is 0 Å². The molecule has 1 aromatic carbocycles. The number of hydrogen-bond donors (Lipinski definition) is 1. The van der Waals surface area contributed by atoms with E-state index in [4.69, 9.17) is 16.9 Å². The molecule has 1 rings (SSSR count). The topological polar surface area (TPSA) is 47.3 Å². The van der Waals surface area contributed by atoms with Crippen molar-refractivity contribution in [1.82, 2.24) is 0 Å². The summed E-state index contributed by atoms with van der Waals surface area (Å²) in [5.74, 6) is -0.0715. The van der Waals surface area contributed by atoms with Crippen LogP contribution >= 0.6 is 11.6 Å². The van der Waals surface area contributed by atoms with Crippen molar-refractivity contribution in [2.24, 2.45) is 5.92 Å². The molecule has 0 saturated carbocycles. The molecule has 0 spiro atoms. The van der Waals surface area contributed by atoms with Crippen LogP contribution < -0.4 is 4.90 Å². The average molecular weight is 253 g/mol. The van der Waals surface area contributed by atoms with E-state index in [1.165, 1.54) is 0 Å². The highest BCUT2D eigenvalue weighted by Crippen LogP contribution is 2.30. The maximum atomic E-state index is 9.33. The van der Waals surface area contributed by atoms with Crippen LogP contribution in [-0.4, -0.2) is 18.2 Å². The zero-order chi connectivity index (χ0) is 12.8. The minimum Gasteiger partial charge on any atom is -0.392 e. The lowest BCUT2D eigenvalue weighted by Crippen LogP contribution is -2.29. The smallest absolute Gasteiger partial charge is 0.0702 e. The van der Waals surface area contributed by atoms with Crippen molar-refractivity contribution in [3.05, 3.63) is 28.8 Å². The van der Waals surface area contributed by atoms with Crippen LogP contribution in [0.3, 0.4) is 0 Å². The molecule has 0 fully saturated rings. The SMILES string of the molecule is CCN(CC(C)C#N)c1c(Cl)cccc1CO. The molecule has 0 amide bonds. The quantitative estimate of drug-likeness (QED) is 0.877. The van der Waals surface area contributed by atoms with Crippen LogP contribution in [0.25, 0.3) is 0 Å². The van der Waals surface area contributed by atoms with Gasteiger partial charge in [-0.3, -0.25) is 0 Å². The van der Waals surface area contributed by atoms with Gasteiger partial charge in [0.1, 0.15) is 0 Å². The maximum absolute atomic E-state index is 9.33. The number of rotatable bonds is 5. The zero-order valence-corrected chi connectivity index (χ0v) is 10.9. The van der Waals surface area contributed by atoms with E-state index >= 15 is 0 Å². The normalized spacial score (nSPS) is 11.9. The van der Waals surface area contributed by atoms with E-state index in [0.29, 0.717) is 11.6 Å². The second kappa shape index (κ2) is 6.48. The fraction of sp³-hybridized carbons (Fsp3) is 0.462. The molecule has 0 aliphatic carbocycles. The first-order valence-corrected chi connectivity index (χ1v) is 6.04. The Hall–Kier alpha value is -1.24. The summed E-state index contributed by atoms with van der Waals surface area (Å²) in [6.45, 7) is 5.20. The number of benzene rings is 1. The Morgan fingerprint density at radius 1 is 1.53 bits per heavy atom. The second-order valence-corrected chi connectivity index (χ2v) is 4.38. The number of nitrogens with zero attached hydrogens (tertiary/aromatic N) is 2. The van der Waals surface area contributed by atoms with Crippen molar-refractivity contribution in [2.75, 3.05) is 18.0 Å². The average Bonchev–Trinajstić information content (AvgIpc) is 2.35. The predicted octanol–water partition coefficient (Wildman–Crippen LogP) is 2.82. The largest absolute Gasteiger partial charge is 0.392 e. The van der Waals surface area contributed by atoms with E-state index in [1.54, 1.807) is 6.07 Å².